The first-order chi connectivity index (χ1) is 16.8. The van der Waals surface area contributed by atoms with Crippen molar-refractivity contribution in [1.82, 2.24) is 0 Å². The Balaban J connectivity index is 2.13. The summed E-state index contributed by atoms with van der Waals surface area (Å²) in [7, 11) is 0. The molecular formula is C32H33PS. The minimum atomic E-state index is -2.22. The Hall–Kier alpha value is -2.73. The second-order valence-corrected chi connectivity index (χ2v) is 12.5. The molecule has 0 aliphatic rings. The van der Waals surface area contributed by atoms with E-state index in [0.29, 0.717) is 0 Å². The predicted molar refractivity (Wildman–Crippen MR) is 157 cm³/mol. The molecule has 0 unspecified atom stereocenters. The summed E-state index contributed by atoms with van der Waals surface area (Å²) < 4.78 is 0. The summed E-state index contributed by atoms with van der Waals surface area (Å²) in [5, 5.41) is 5.38. The van der Waals surface area contributed by atoms with E-state index in [0.717, 1.165) is 17.7 Å². The van der Waals surface area contributed by atoms with Crippen LogP contribution in [0.4, 0.5) is 0 Å². The lowest BCUT2D eigenvalue weighted by molar-refractivity contribution is 0.686. The van der Waals surface area contributed by atoms with Crippen LogP contribution in [0.1, 0.15) is 44.6 Å². The first-order valence-electron chi connectivity index (χ1n) is 12.3. The van der Waals surface area contributed by atoms with Gasteiger partial charge in [-0.05, 0) is 41.2 Å². The van der Waals surface area contributed by atoms with Crippen LogP contribution in [0.25, 0.3) is 0 Å². The molecule has 0 amide bonds. The van der Waals surface area contributed by atoms with Crippen LogP contribution in [0, 0.1) is 0 Å². The van der Waals surface area contributed by atoms with E-state index in [1.165, 1.54) is 46.0 Å². The third kappa shape index (κ3) is 5.17. The number of thiocarbonyl (C=S) groups is 1. The zero-order chi connectivity index (χ0) is 23.6. The van der Waals surface area contributed by atoms with Crippen molar-refractivity contribution >= 4 is 45.2 Å². The molecule has 0 bridgehead atoms. The molecular weight excluding hydrogens is 447 g/mol. The van der Waals surface area contributed by atoms with Crippen molar-refractivity contribution in [1.29, 1.82) is 0 Å². The summed E-state index contributed by atoms with van der Waals surface area (Å²) in [6, 6.07) is 44.0. The van der Waals surface area contributed by atoms with Crippen molar-refractivity contribution in [3.05, 3.63) is 127 Å². The van der Waals surface area contributed by atoms with Gasteiger partial charge in [-0.1, -0.05) is 160 Å². The minimum Gasteiger partial charge on any atom is -0.0842 e. The molecule has 4 rings (SSSR count). The first kappa shape index (κ1) is 24.4. The highest BCUT2D eigenvalue weighted by molar-refractivity contribution is 7.99. The van der Waals surface area contributed by atoms with Gasteiger partial charge in [0.1, 0.15) is 0 Å². The molecule has 0 saturated carbocycles. The average Bonchev–Trinajstić information content (AvgIpc) is 2.91. The summed E-state index contributed by atoms with van der Waals surface area (Å²) in [6.45, 7) is 0.0390. The molecule has 0 spiro atoms. The number of hydrogen-bond acceptors (Lipinski definition) is 1. The second-order valence-electron chi connectivity index (χ2n) is 8.63. The third-order valence-corrected chi connectivity index (χ3v) is 11.3. The van der Waals surface area contributed by atoms with Crippen LogP contribution in [0.3, 0.4) is 0 Å². The van der Waals surface area contributed by atoms with E-state index in [1.807, 2.05) is 0 Å². The number of rotatable bonds is 10. The SMILES string of the molecule is CCCCCCC(=S)C(c1ccccc1)=P(c1ccccc1)(c1ccccc1)c1ccccc1. The van der Waals surface area contributed by atoms with E-state index in [-0.39, 0.29) is 0 Å². The molecule has 34 heavy (non-hydrogen) atoms. The Morgan fingerprint density at radius 3 is 1.38 bits per heavy atom. The zero-order valence-electron chi connectivity index (χ0n) is 19.9. The van der Waals surface area contributed by atoms with Crippen molar-refractivity contribution in [2.45, 2.75) is 39.0 Å². The van der Waals surface area contributed by atoms with E-state index < -0.39 is 6.89 Å². The number of benzene rings is 4. The fourth-order valence-corrected chi connectivity index (χ4v) is 9.98. The van der Waals surface area contributed by atoms with Crippen LogP contribution < -0.4 is 15.9 Å². The molecule has 0 nitrogen and oxygen atoms in total. The van der Waals surface area contributed by atoms with Crippen LogP contribution in [-0.4, -0.2) is 10.2 Å². The normalized spacial score (nSPS) is 11.2. The zero-order valence-corrected chi connectivity index (χ0v) is 21.6. The molecule has 172 valence electrons. The average molecular weight is 481 g/mol. The van der Waals surface area contributed by atoms with Crippen molar-refractivity contribution < 1.29 is 0 Å². The smallest absolute Gasteiger partial charge is 0.0241 e. The molecule has 0 aliphatic heterocycles. The van der Waals surface area contributed by atoms with Gasteiger partial charge in [-0.2, -0.15) is 0 Å². The van der Waals surface area contributed by atoms with E-state index in [2.05, 4.69) is 128 Å². The van der Waals surface area contributed by atoms with Crippen LogP contribution in [0.5, 0.6) is 0 Å². The Kier molecular flexibility index (Phi) is 8.69. The van der Waals surface area contributed by atoms with E-state index in [4.69, 9.17) is 12.2 Å². The summed E-state index contributed by atoms with van der Waals surface area (Å²) in [5.41, 5.74) is 1.24. The van der Waals surface area contributed by atoms with Gasteiger partial charge in [0.15, 0.2) is 0 Å². The topological polar surface area (TPSA) is 0 Å². The molecule has 4 aromatic carbocycles. The lowest BCUT2D eigenvalue weighted by Gasteiger charge is -2.33. The Morgan fingerprint density at radius 2 is 0.971 bits per heavy atom. The van der Waals surface area contributed by atoms with Gasteiger partial charge in [0.05, 0.1) is 0 Å². The maximum Gasteiger partial charge on any atom is 0.0241 e. The van der Waals surface area contributed by atoms with Crippen molar-refractivity contribution in [3.63, 3.8) is 0 Å². The lowest BCUT2D eigenvalue weighted by atomic mass is 10.0. The highest BCUT2D eigenvalue weighted by Crippen LogP contribution is 2.48. The molecule has 0 radical (unpaired) electrons. The fraction of sp³-hybridized carbons (Fsp3) is 0.188. The predicted octanol–water partition coefficient (Wildman–Crippen LogP) is 7.54. The molecule has 0 atom stereocenters. The highest BCUT2D eigenvalue weighted by Gasteiger charge is 2.32. The van der Waals surface area contributed by atoms with Gasteiger partial charge in [0.2, 0.25) is 0 Å². The molecule has 0 aromatic heterocycles. The van der Waals surface area contributed by atoms with Crippen LogP contribution in [0.2, 0.25) is 0 Å². The molecule has 0 fully saturated rings. The molecule has 0 aliphatic carbocycles. The summed E-state index contributed by atoms with van der Waals surface area (Å²) >= 11 is 6.35. The molecule has 2 heteroatoms. The van der Waals surface area contributed by atoms with Crippen molar-refractivity contribution in [2.75, 3.05) is 0 Å². The Bertz CT molecular complexity index is 1130. The Labute approximate surface area is 210 Å². The van der Waals surface area contributed by atoms with E-state index >= 15 is 0 Å². The fourth-order valence-electron chi connectivity index (χ4n) is 4.76. The standard InChI is InChI=1S/C32H33PS/c1-2-3-4-17-26-31(34)32(27-18-9-5-10-19-27)33(28-20-11-6-12-21-28,29-22-13-7-14-23-29)30-24-15-8-16-25-30/h5-16,18-25H,2-4,17,26H2,1H3. The van der Waals surface area contributed by atoms with Gasteiger partial charge in [-0.15, -0.1) is 0 Å². The van der Waals surface area contributed by atoms with Crippen LogP contribution in [-0.2, 0) is 0 Å². The van der Waals surface area contributed by atoms with Crippen LogP contribution in [0.15, 0.2) is 121 Å². The Morgan fingerprint density at radius 1 is 0.559 bits per heavy atom. The summed E-state index contributed by atoms with van der Waals surface area (Å²) in [6.07, 6.45) is 5.82. The van der Waals surface area contributed by atoms with Crippen molar-refractivity contribution in [2.24, 2.45) is 0 Å². The molecule has 0 N–H and O–H groups in total. The molecule has 0 heterocycles. The second kappa shape index (κ2) is 12.1. The van der Waals surface area contributed by atoms with E-state index in [1.54, 1.807) is 0 Å². The van der Waals surface area contributed by atoms with E-state index in [9.17, 15) is 0 Å². The van der Waals surface area contributed by atoms with Gasteiger partial charge in [0, 0.05) is 10.2 Å². The maximum atomic E-state index is 6.35. The van der Waals surface area contributed by atoms with Gasteiger partial charge in [-0.25, -0.2) is 0 Å². The van der Waals surface area contributed by atoms with Gasteiger partial charge in [-0.3, -0.25) is 0 Å². The van der Waals surface area contributed by atoms with Gasteiger partial charge >= 0.3 is 0 Å². The molecule has 0 saturated heterocycles. The number of unbranched alkanes of at least 4 members (excludes halogenated alkanes) is 3. The van der Waals surface area contributed by atoms with Crippen LogP contribution >= 0.6 is 19.1 Å². The monoisotopic (exact) mass is 480 g/mol. The quantitative estimate of drug-likeness (QED) is 0.128. The third-order valence-electron chi connectivity index (χ3n) is 6.33. The summed E-state index contributed by atoms with van der Waals surface area (Å²) in [5.74, 6) is 0. The minimum absolute atomic E-state index is 0.952. The lowest BCUT2D eigenvalue weighted by Crippen LogP contribution is -2.33. The van der Waals surface area contributed by atoms with Gasteiger partial charge in [0.25, 0.3) is 0 Å². The van der Waals surface area contributed by atoms with Crippen molar-refractivity contribution in [3.8, 4) is 0 Å². The van der Waals surface area contributed by atoms with Gasteiger partial charge < -0.3 is 0 Å². The highest BCUT2D eigenvalue weighted by atomic mass is 32.1. The summed E-state index contributed by atoms with van der Waals surface area (Å²) in [4.78, 5) is 1.10. The largest absolute Gasteiger partial charge is 0.0842 e. The molecule has 4 aromatic rings. The number of hydrogen-bond donors (Lipinski definition) is 0. The first-order valence-corrected chi connectivity index (χ1v) is 14.5. The maximum absolute atomic E-state index is 6.35.